The summed E-state index contributed by atoms with van der Waals surface area (Å²) in [6, 6.07) is 7.84. The van der Waals surface area contributed by atoms with Crippen molar-refractivity contribution in [3.63, 3.8) is 0 Å². The quantitative estimate of drug-likeness (QED) is 0.832. The number of halogens is 1. The van der Waals surface area contributed by atoms with Crippen molar-refractivity contribution in [2.45, 2.75) is 18.1 Å². The average Bonchev–Trinajstić information content (AvgIpc) is 3.09. The van der Waals surface area contributed by atoms with E-state index in [0.717, 1.165) is 0 Å². The van der Waals surface area contributed by atoms with Crippen LogP contribution in [0.3, 0.4) is 0 Å². The molecule has 0 unspecified atom stereocenters. The molecule has 2 rings (SSSR count). The van der Waals surface area contributed by atoms with Gasteiger partial charge in [0.15, 0.2) is 9.84 Å². The van der Waals surface area contributed by atoms with Crippen LogP contribution in [0.2, 0.25) is 0 Å². The van der Waals surface area contributed by atoms with E-state index in [0.29, 0.717) is 5.56 Å². The topological polar surface area (TPSA) is 67.2 Å². The SMILES string of the molecule is CCS(=O)(=O)[C@@H]1[C@@H](c2cccc(F)c2)[C@@]1(C#N)COC. The monoisotopic (exact) mass is 297 g/mol. The van der Waals surface area contributed by atoms with E-state index in [9.17, 15) is 18.1 Å². The van der Waals surface area contributed by atoms with Crippen molar-refractivity contribution in [3.8, 4) is 6.07 Å². The highest BCUT2D eigenvalue weighted by Crippen LogP contribution is 2.62. The number of nitrogens with zero attached hydrogens (tertiary/aromatic N) is 1. The van der Waals surface area contributed by atoms with Gasteiger partial charge in [0.1, 0.15) is 11.2 Å². The first-order valence-corrected chi connectivity index (χ1v) is 8.01. The fourth-order valence-electron chi connectivity index (χ4n) is 2.86. The lowest BCUT2D eigenvalue weighted by molar-refractivity contribution is 0.162. The van der Waals surface area contributed by atoms with Crippen LogP contribution in [0.15, 0.2) is 24.3 Å². The lowest BCUT2D eigenvalue weighted by Crippen LogP contribution is -2.20. The van der Waals surface area contributed by atoms with Gasteiger partial charge in [-0.2, -0.15) is 5.26 Å². The molecule has 1 aromatic carbocycles. The fourth-order valence-corrected chi connectivity index (χ4v) is 4.86. The van der Waals surface area contributed by atoms with E-state index >= 15 is 0 Å². The maximum atomic E-state index is 13.3. The molecule has 1 aliphatic carbocycles. The van der Waals surface area contributed by atoms with Crippen molar-refractivity contribution in [1.29, 1.82) is 5.26 Å². The van der Waals surface area contributed by atoms with Gasteiger partial charge in [-0.25, -0.2) is 12.8 Å². The van der Waals surface area contributed by atoms with Crippen molar-refractivity contribution < 1.29 is 17.5 Å². The van der Waals surface area contributed by atoms with Crippen LogP contribution in [0.4, 0.5) is 4.39 Å². The maximum absolute atomic E-state index is 13.3. The number of sulfone groups is 1. The molecule has 0 radical (unpaired) electrons. The van der Waals surface area contributed by atoms with Crippen LogP contribution in [-0.4, -0.2) is 33.1 Å². The summed E-state index contributed by atoms with van der Waals surface area (Å²) in [6.45, 7) is 1.57. The lowest BCUT2D eigenvalue weighted by Gasteiger charge is -2.07. The summed E-state index contributed by atoms with van der Waals surface area (Å²) in [5, 5.41) is 8.60. The highest BCUT2D eigenvalue weighted by Gasteiger charge is 2.71. The Morgan fingerprint density at radius 2 is 2.20 bits per heavy atom. The number of ether oxygens (including phenoxy) is 1. The van der Waals surface area contributed by atoms with Crippen molar-refractivity contribution in [3.05, 3.63) is 35.6 Å². The third-order valence-corrected chi connectivity index (χ3v) is 6.12. The Morgan fingerprint density at radius 1 is 1.50 bits per heavy atom. The molecule has 0 bridgehead atoms. The minimum atomic E-state index is -3.40. The minimum absolute atomic E-state index is 0.0224. The van der Waals surface area contributed by atoms with Crippen molar-refractivity contribution in [1.82, 2.24) is 0 Å². The molecular weight excluding hydrogens is 281 g/mol. The second-order valence-electron chi connectivity index (χ2n) is 4.99. The molecule has 4 nitrogen and oxygen atoms in total. The van der Waals surface area contributed by atoms with E-state index < -0.39 is 32.2 Å². The highest BCUT2D eigenvalue weighted by atomic mass is 32.2. The molecule has 0 N–H and O–H groups in total. The minimum Gasteiger partial charge on any atom is -0.383 e. The summed E-state index contributed by atoms with van der Waals surface area (Å²) in [7, 11) is -1.98. The molecule has 0 aromatic heterocycles. The molecule has 20 heavy (non-hydrogen) atoms. The van der Waals surface area contributed by atoms with Gasteiger partial charge in [0.05, 0.1) is 17.9 Å². The molecule has 0 heterocycles. The van der Waals surface area contributed by atoms with E-state index in [2.05, 4.69) is 6.07 Å². The van der Waals surface area contributed by atoms with Crippen molar-refractivity contribution in [2.24, 2.45) is 5.41 Å². The van der Waals surface area contributed by atoms with Crippen LogP contribution in [0.25, 0.3) is 0 Å². The van der Waals surface area contributed by atoms with E-state index in [1.165, 1.54) is 25.3 Å². The van der Waals surface area contributed by atoms with Gasteiger partial charge >= 0.3 is 0 Å². The number of benzene rings is 1. The number of hydrogen-bond acceptors (Lipinski definition) is 4. The number of nitriles is 1. The van der Waals surface area contributed by atoms with Crippen LogP contribution in [0, 0.1) is 22.6 Å². The molecule has 1 saturated carbocycles. The molecule has 0 amide bonds. The van der Waals surface area contributed by atoms with Gasteiger partial charge in [0.25, 0.3) is 0 Å². The molecule has 1 fully saturated rings. The summed E-state index contributed by atoms with van der Waals surface area (Å²) < 4.78 is 42.7. The molecule has 108 valence electrons. The number of methoxy groups -OCH3 is 1. The first-order chi connectivity index (χ1) is 9.43. The summed E-state index contributed by atoms with van der Waals surface area (Å²) in [6.07, 6.45) is 0. The van der Waals surface area contributed by atoms with Gasteiger partial charge in [-0.15, -0.1) is 0 Å². The standard InChI is InChI=1S/C14H16FNO3S/c1-3-20(17,18)13-12(14(13,8-16)9-19-2)10-5-4-6-11(15)7-10/h4-7,12-13H,3,9H2,1-2H3/t12-,13-,14-/m1/s1. The molecule has 0 aliphatic heterocycles. The Morgan fingerprint density at radius 3 is 2.70 bits per heavy atom. The summed E-state index contributed by atoms with van der Waals surface area (Å²) in [5.74, 6) is -1.02. The fraction of sp³-hybridized carbons (Fsp3) is 0.500. The van der Waals surface area contributed by atoms with Gasteiger partial charge in [0.2, 0.25) is 0 Å². The first-order valence-electron chi connectivity index (χ1n) is 6.30. The van der Waals surface area contributed by atoms with E-state index in [1.54, 1.807) is 13.0 Å². The molecule has 1 aromatic rings. The highest BCUT2D eigenvalue weighted by molar-refractivity contribution is 7.92. The third kappa shape index (κ3) is 2.21. The molecular formula is C14H16FNO3S. The Balaban J connectivity index is 2.48. The van der Waals surface area contributed by atoms with Crippen LogP contribution in [-0.2, 0) is 14.6 Å². The smallest absolute Gasteiger partial charge is 0.155 e. The first kappa shape index (κ1) is 14.9. The predicted octanol–water partition coefficient (Wildman–Crippen LogP) is 1.88. The van der Waals surface area contributed by atoms with Crippen LogP contribution in [0.5, 0.6) is 0 Å². The van der Waals surface area contributed by atoms with Crippen LogP contribution >= 0.6 is 0 Å². The second kappa shape index (κ2) is 5.15. The second-order valence-corrected chi connectivity index (χ2v) is 7.40. The summed E-state index contributed by atoms with van der Waals surface area (Å²) in [4.78, 5) is 0. The maximum Gasteiger partial charge on any atom is 0.155 e. The molecule has 0 spiro atoms. The lowest BCUT2D eigenvalue weighted by atomic mass is 10.0. The zero-order valence-electron chi connectivity index (χ0n) is 11.3. The zero-order valence-corrected chi connectivity index (χ0v) is 12.2. The number of rotatable bonds is 5. The Bertz CT molecular complexity index is 653. The molecule has 0 saturated heterocycles. The van der Waals surface area contributed by atoms with E-state index in [-0.39, 0.29) is 12.4 Å². The Labute approximate surface area is 118 Å². The third-order valence-electron chi connectivity index (χ3n) is 3.84. The predicted molar refractivity (Wildman–Crippen MR) is 72.3 cm³/mol. The van der Waals surface area contributed by atoms with Crippen molar-refractivity contribution >= 4 is 9.84 Å². The average molecular weight is 297 g/mol. The van der Waals surface area contributed by atoms with Gasteiger partial charge in [-0.3, -0.25) is 0 Å². The zero-order chi connectivity index (χ0) is 15.0. The van der Waals surface area contributed by atoms with Crippen molar-refractivity contribution in [2.75, 3.05) is 19.5 Å². The van der Waals surface area contributed by atoms with Crippen LogP contribution < -0.4 is 0 Å². The Kier molecular flexibility index (Phi) is 3.85. The summed E-state index contributed by atoms with van der Waals surface area (Å²) >= 11 is 0. The summed E-state index contributed by atoms with van der Waals surface area (Å²) in [5.41, 5.74) is -0.581. The Hall–Kier alpha value is -1.45. The van der Waals surface area contributed by atoms with E-state index in [1.807, 2.05) is 0 Å². The molecule has 3 atom stereocenters. The normalized spacial score (nSPS) is 28.9. The van der Waals surface area contributed by atoms with E-state index in [4.69, 9.17) is 4.74 Å². The largest absolute Gasteiger partial charge is 0.383 e. The van der Waals surface area contributed by atoms with Gasteiger partial charge in [0, 0.05) is 18.8 Å². The van der Waals surface area contributed by atoms with Gasteiger partial charge < -0.3 is 4.74 Å². The molecule has 6 heteroatoms. The molecule has 1 aliphatic rings. The van der Waals surface area contributed by atoms with Gasteiger partial charge in [-0.05, 0) is 17.7 Å². The van der Waals surface area contributed by atoms with Gasteiger partial charge in [-0.1, -0.05) is 19.1 Å². The number of hydrogen-bond donors (Lipinski definition) is 0. The van der Waals surface area contributed by atoms with Crippen LogP contribution in [0.1, 0.15) is 18.4 Å².